The lowest BCUT2D eigenvalue weighted by Gasteiger charge is -2.27. The number of likely N-dealkylation sites (N-methyl/N-ethyl adjacent to an activating group) is 2. The predicted molar refractivity (Wildman–Crippen MR) is 167 cm³/mol. The molecule has 0 aliphatic carbocycles. The molecule has 0 bridgehead atoms. The van der Waals surface area contributed by atoms with E-state index in [1.54, 1.807) is 7.05 Å². The second-order valence-corrected chi connectivity index (χ2v) is 11.3. The van der Waals surface area contributed by atoms with Crippen LogP contribution in [0.5, 0.6) is 0 Å². The molecule has 4 rings (SSSR count). The zero-order valence-corrected chi connectivity index (χ0v) is 24.5. The molecule has 3 aromatic carbocycles. The molecule has 3 nitrogen and oxygen atoms in total. The fourth-order valence-corrected chi connectivity index (χ4v) is 6.23. The molecular formula is C35H42N2OS. The summed E-state index contributed by atoms with van der Waals surface area (Å²) in [4.78, 5) is 16.2. The van der Waals surface area contributed by atoms with Crippen molar-refractivity contribution in [2.45, 2.75) is 64.5 Å². The Bertz CT molecular complexity index is 1300. The average Bonchev–Trinajstić information content (AvgIpc) is 3.44. The summed E-state index contributed by atoms with van der Waals surface area (Å²) in [6.45, 7) is 2.96. The SMILES string of the molecule is CCCCCCCCc1ccsc1-c1cccc(-c2ccc(CN(C)[C@H](C(=O)NC)c3ccccc3)cc2)c1. The van der Waals surface area contributed by atoms with Crippen molar-refractivity contribution in [3.8, 4) is 21.6 Å². The number of unbranched alkanes of at least 4 members (excludes halogenated alkanes) is 5. The van der Waals surface area contributed by atoms with E-state index in [1.165, 1.54) is 71.2 Å². The third-order valence-electron chi connectivity index (χ3n) is 7.44. The number of nitrogens with zero attached hydrogens (tertiary/aromatic N) is 1. The molecule has 1 N–H and O–H groups in total. The van der Waals surface area contributed by atoms with E-state index in [2.05, 4.69) is 77.1 Å². The third-order valence-corrected chi connectivity index (χ3v) is 8.45. The van der Waals surface area contributed by atoms with E-state index < -0.39 is 0 Å². The number of carbonyl (C=O) groups is 1. The molecule has 1 amide bonds. The molecule has 1 atom stereocenters. The summed E-state index contributed by atoms with van der Waals surface area (Å²) in [7, 11) is 3.71. The van der Waals surface area contributed by atoms with Crippen LogP contribution in [0.15, 0.2) is 90.3 Å². The number of hydrogen-bond donors (Lipinski definition) is 1. The number of carbonyl (C=O) groups excluding carboxylic acids is 1. The summed E-state index contributed by atoms with van der Waals surface area (Å²) in [6.07, 6.45) is 9.15. The van der Waals surface area contributed by atoms with Crippen molar-refractivity contribution < 1.29 is 4.79 Å². The molecule has 204 valence electrons. The van der Waals surface area contributed by atoms with Gasteiger partial charge in [0.25, 0.3) is 0 Å². The van der Waals surface area contributed by atoms with Crippen LogP contribution in [0.1, 0.15) is 68.2 Å². The van der Waals surface area contributed by atoms with Crippen molar-refractivity contribution >= 4 is 17.2 Å². The van der Waals surface area contributed by atoms with Crippen LogP contribution in [0, 0.1) is 0 Å². The van der Waals surface area contributed by atoms with Gasteiger partial charge in [0.05, 0.1) is 0 Å². The van der Waals surface area contributed by atoms with Gasteiger partial charge in [-0.2, -0.15) is 0 Å². The summed E-state index contributed by atoms with van der Waals surface area (Å²) >= 11 is 1.85. The van der Waals surface area contributed by atoms with Crippen molar-refractivity contribution in [2.75, 3.05) is 14.1 Å². The molecule has 1 heterocycles. The lowest BCUT2D eigenvalue weighted by molar-refractivity contribution is -0.125. The topological polar surface area (TPSA) is 32.3 Å². The second kappa shape index (κ2) is 14.8. The Labute approximate surface area is 238 Å². The van der Waals surface area contributed by atoms with Gasteiger partial charge in [0.2, 0.25) is 5.91 Å². The smallest absolute Gasteiger partial charge is 0.241 e. The van der Waals surface area contributed by atoms with Crippen molar-refractivity contribution in [1.29, 1.82) is 0 Å². The molecule has 0 aliphatic rings. The molecular weight excluding hydrogens is 496 g/mol. The lowest BCUT2D eigenvalue weighted by atomic mass is 9.98. The molecule has 0 fully saturated rings. The number of benzene rings is 3. The Balaban J connectivity index is 1.43. The van der Waals surface area contributed by atoms with E-state index in [0.29, 0.717) is 6.54 Å². The molecule has 4 aromatic rings. The highest BCUT2D eigenvalue weighted by Crippen LogP contribution is 2.34. The molecule has 0 spiro atoms. The Morgan fingerprint density at radius 1 is 0.821 bits per heavy atom. The van der Waals surface area contributed by atoms with Crippen LogP contribution < -0.4 is 5.32 Å². The molecule has 0 radical (unpaired) electrons. The first kappa shape index (κ1) is 28.8. The van der Waals surface area contributed by atoms with Gasteiger partial charge in [-0.15, -0.1) is 11.3 Å². The van der Waals surface area contributed by atoms with Crippen LogP contribution in [0.4, 0.5) is 0 Å². The van der Waals surface area contributed by atoms with Gasteiger partial charge >= 0.3 is 0 Å². The summed E-state index contributed by atoms with van der Waals surface area (Å²) in [5.41, 5.74) is 7.42. The molecule has 0 aliphatic heterocycles. The molecule has 4 heteroatoms. The van der Waals surface area contributed by atoms with Crippen LogP contribution in [0.2, 0.25) is 0 Å². The highest BCUT2D eigenvalue weighted by atomic mass is 32.1. The van der Waals surface area contributed by atoms with E-state index in [-0.39, 0.29) is 11.9 Å². The van der Waals surface area contributed by atoms with Crippen molar-refractivity contribution in [1.82, 2.24) is 10.2 Å². The summed E-state index contributed by atoms with van der Waals surface area (Å²) in [6, 6.07) is 29.7. The van der Waals surface area contributed by atoms with Crippen LogP contribution in [-0.2, 0) is 17.8 Å². The molecule has 1 aromatic heterocycles. The minimum absolute atomic E-state index is 0.00146. The Hall–Kier alpha value is -3.21. The second-order valence-electron chi connectivity index (χ2n) is 10.4. The van der Waals surface area contributed by atoms with Crippen LogP contribution in [0.25, 0.3) is 21.6 Å². The third kappa shape index (κ3) is 7.90. The number of rotatable bonds is 14. The molecule has 0 saturated carbocycles. The van der Waals surface area contributed by atoms with Gasteiger partial charge in [-0.25, -0.2) is 0 Å². The first-order chi connectivity index (χ1) is 19.1. The highest BCUT2D eigenvalue weighted by Gasteiger charge is 2.24. The van der Waals surface area contributed by atoms with Gasteiger partial charge in [0, 0.05) is 18.5 Å². The average molecular weight is 539 g/mol. The summed E-state index contributed by atoms with van der Waals surface area (Å²) < 4.78 is 0. The minimum Gasteiger partial charge on any atom is -0.358 e. The zero-order valence-electron chi connectivity index (χ0n) is 23.7. The van der Waals surface area contributed by atoms with E-state index in [9.17, 15) is 4.79 Å². The van der Waals surface area contributed by atoms with E-state index in [0.717, 1.165) is 12.0 Å². The highest BCUT2D eigenvalue weighted by molar-refractivity contribution is 7.13. The monoisotopic (exact) mass is 538 g/mol. The van der Waals surface area contributed by atoms with E-state index in [1.807, 2.05) is 48.7 Å². The maximum Gasteiger partial charge on any atom is 0.241 e. The Morgan fingerprint density at radius 2 is 1.54 bits per heavy atom. The van der Waals surface area contributed by atoms with E-state index in [4.69, 9.17) is 0 Å². The number of aryl methyl sites for hydroxylation is 1. The summed E-state index contributed by atoms with van der Waals surface area (Å²) in [5.74, 6) is 0.00146. The maximum absolute atomic E-state index is 12.7. The van der Waals surface area contributed by atoms with Crippen LogP contribution >= 0.6 is 11.3 Å². The van der Waals surface area contributed by atoms with Crippen molar-refractivity contribution in [3.63, 3.8) is 0 Å². The zero-order chi connectivity index (χ0) is 27.5. The first-order valence-electron chi connectivity index (χ1n) is 14.3. The maximum atomic E-state index is 12.7. The number of thiophene rings is 1. The summed E-state index contributed by atoms with van der Waals surface area (Å²) in [5, 5.41) is 5.06. The first-order valence-corrected chi connectivity index (χ1v) is 15.2. The number of amides is 1. The number of hydrogen-bond acceptors (Lipinski definition) is 3. The Kier molecular flexibility index (Phi) is 10.9. The van der Waals surface area contributed by atoms with Gasteiger partial charge < -0.3 is 5.32 Å². The minimum atomic E-state index is -0.330. The van der Waals surface area contributed by atoms with Crippen LogP contribution in [0.3, 0.4) is 0 Å². The fraction of sp³-hybridized carbons (Fsp3) is 0.343. The standard InChI is InChI=1S/C35H42N2OS/c1-4-5-6-7-8-10-16-30-23-24-39-34(30)32-18-13-17-31(25-32)28-21-19-27(20-22-28)26-37(3)33(35(38)36-2)29-14-11-9-12-15-29/h9,11-15,17-25,33H,4-8,10,16,26H2,1-3H3,(H,36,38)/t33-/m0/s1. The fourth-order valence-electron chi connectivity index (χ4n) is 5.28. The van der Waals surface area contributed by atoms with Gasteiger partial charge in [0.1, 0.15) is 6.04 Å². The van der Waals surface area contributed by atoms with Crippen LogP contribution in [-0.4, -0.2) is 24.9 Å². The van der Waals surface area contributed by atoms with E-state index >= 15 is 0 Å². The molecule has 0 unspecified atom stereocenters. The number of nitrogens with one attached hydrogen (secondary N) is 1. The molecule has 39 heavy (non-hydrogen) atoms. The Morgan fingerprint density at radius 3 is 2.28 bits per heavy atom. The predicted octanol–water partition coefficient (Wildman–Crippen LogP) is 8.90. The normalized spacial score (nSPS) is 12.0. The van der Waals surface area contributed by atoms with Gasteiger partial charge in [-0.3, -0.25) is 9.69 Å². The largest absolute Gasteiger partial charge is 0.358 e. The van der Waals surface area contributed by atoms with Gasteiger partial charge in [-0.05, 0) is 70.8 Å². The lowest BCUT2D eigenvalue weighted by Crippen LogP contribution is -2.36. The molecule has 0 saturated heterocycles. The van der Waals surface area contributed by atoms with Gasteiger partial charge in [0.15, 0.2) is 0 Å². The van der Waals surface area contributed by atoms with Crippen molar-refractivity contribution in [3.05, 3.63) is 107 Å². The van der Waals surface area contributed by atoms with Gasteiger partial charge in [-0.1, -0.05) is 112 Å². The van der Waals surface area contributed by atoms with Crippen molar-refractivity contribution in [2.24, 2.45) is 0 Å². The quantitative estimate of drug-likeness (QED) is 0.163.